The van der Waals surface area contributed by atoms with Gasteiger partial charge in [-0.2, -0.15) is 9.78 Å². The predicted octanol–water partition coefficient (Wildman–Crippen LogP) is 0.724. The summed E-state index contributed by atoms with van der Waals surface area (Å²) >= 11 is 5.60. The summed E-state index contributed by atoms with van der Waals surface area (Å²) in [6.45, 7) is 0. The van der Waals surface area contributed by atoms with Crippen LogP contribution in [0.4, 0.5) is 4.39 Å². The quantitative estimate of drug-likeness (QED) is 0.755. The van der Waals surface area contributed by atoms with Crippen molar-refractivity contribution in [2.75, 3.05) is 0 Å². The highest BCUT2D eigenvalue weighted by Gasteiger charge is 2.10. The molecule has 88 valence electrons. The maximum absolute atomic E-state index is 13.6. The Morgan fingerprint density at radius 1 is 1.35 bits per heavy atom. The lowest BCUT2D eigenvalue weighted by Gasteiger charge is -2.06. The Kier molecular flexibility index (Phi) is 2.81. The molecule has 17 heavy (non-hydrogen) atoms. The fourth-order valence-corrected chi connectivity index (χ4v) is 1.46. The second-order valence-electron chi connectivity index (χ2n) is 3.33. The highest BCUT2D eigenvalue weighted by atomic mass is 35.5. The van der Waals surface area contributed by atoms with Crippen LogP contribution in [0.15, 0.2) is 34.0 Å². The van der Waals surface area contributed by atoms with E-state index in [2.05, 4.69) is 5.10 Å². The normalized spacial score (nSPS) is 10.5. The van der Waals surface area contributed by atoms with E-state index in [1.807, 2.05) is 0 Å². The molecular weight excluding hydrogens is 249 g/mol. The van der Waals surface area contributed by atoms with Gasteiger partial charge in [-0.05, 0) is 18.2 Å². The van der Waals surface area contributed by atoms with Crippen LogP contribution in [0, 0.1) is 5.82 Å². The molecule has 7 heteroatoms. The van der Waals surface area contributed by atoms with Crippen LogP contribution in [0.1, 0.15) is 0 Å². The van der Waals surface area contributed by atoms with E-state index in [0.717, 1.165) is 21.5 Å². The van der Waals surface area contributed by atoms with Gasteiger partial charge in [0, 0.05) is 12.1 Å². The molecule has 0 aliphatic carbocycles. The van der Waals surface area contributed by atoms with Crippen LogP contribution in [-0.2, 0) is 7.05 Å². The Hall–Kier alpha value is -1.95. The molecule has 0 radical (unpaired) electrons. The van der Waals surface area contributed by atoms with Crippen molar-refractivity contribution in [2.45, 2.75) is 0 Å². The summed E-state index contributed by atoms with van der Waals surface area (Å²) in [5.74, 6) is -0.689. The zero-order chi connectivity index (χ0) is 12.6. The minimum atomic E-state index is -0.723. The predicted molar refractivity (Wildman–Crippen MR) is 60.0 cm³/mol. The summed E-state index contributed by atoms with van der Waals surface area (Å²) in [5, 5.41) is 3.80. The summed E-state index contributed by atoms with van der Waals surface area (Å²) in [6, 6.07) is 3.81. The number of halogens is 2. The first kappa shape index (κ1) is 11.5. The van der Waals surface area contributed by atoms with Crippen molar-refractivity contribution in [1.82, 2.24) is 14.3 Å². The van der Waals surface area contributed by atoms with Crippen LogP contribution in [0.3, 0.4) is 0 Å². The summed E-state index contributed by atoms with van der Waals surface area (Å²) in [7, 11) is 1.29. The van der Waals surface area contributed by atoms with Crippen molar-refractivity contribution >= 4 is 11.6 Å². The molecule has 0 aliphatic heterocycles. The molecule has 0 N–H and O–H groups in total. The first-order chi connectivity index (χ1) is 8.00. The molecule has 0 amide bonds. The lowest BCUT2D eigenvalue weighted by atomic mass is 10.3. The van der Waals surface area contributed by atoms with Gasteiger partial charge in [0.25, 0.3) is 5.56 Å². The summed E-state index contributed by atoms with van der Waals surface area (Å²) < 4.78 is 15.2. The third-order valence-electron chi connectivity index (χ3n) is 2.22. The van der Waals surface area contributed by atoms with Crippen molar-refractivity contribution in [3.05, 3.63) is 56.1 Å². The average molecular weight is 256 g/mol. The molecule has 0 aliphatic rings. The van der Waals surface area contributed by atoms with Crippen LogP contribution in [0.25, 0.3) is 5.69 Å². The Labute approximate surface area is 99.7 Å². The van der Waals surface area contributed by atoms with Crippen molar-refractivity contribution in [1.29, 1.82) is 0 Å². The molecule has 2 aromatic rings. The Balaban J connectivity index is 2.74. The van der Waals surface area contributed by atoms with Gasteiger partial charge < -0.3 is 0 Å². The van der Waals surface area contributed by atoms with Crippen molar-refractivity contribution in [3.8, 4) is 5.69 Å². The zero-order valence-corrected chi connectivity index (χ0v) is 9.48. The highest BCUT2D eigenvalue weighted by molar-refractivity contribution is 6.30. The topological polar surface area (TPSA) is 56.9 Å². The van der Waals surface area contributed by atoms with E-state index in [1.54, 1.807) is 0 Å². The molecule has 1 heterocycles. The number of hydrogen-bond acceptors (Lipinski definition) is 3. The smallest absolute Gasteiger partial charge is 0.267 e. The molecule has 0 bridgehead atoms. The molecule has 0 spiro atoms. The highest BCUT2D eigenvalue weighted by Crippen LogP contribution is 2.15. The van der Waals surface area contributed by atoms with Crippen LogP contribution in [0.5, 0.6) is 0 Å². The number of aromatic nitrogens is 3. The minimum absolute atomic E-state index is 0.0602. The molecule has 1 aromatic heterocycles. The molecule has 1 aromatic carbocycles. The SMILES string of the molecule is Cn1c(=O)cnn(-c2ccc(Cl)cc2F)c1=O. The summed E-state index contributed by atoms with van der Waals surface area (Å²) in [5.41, 5.74) is -1.34. The van der Waals surface area contributed by atoms with Gasteiger partial charge >= 0.3 is 5.69 Å². The third-order valence-corrected chi connectivity index (χ3v) is 2.46. The fourth-order valence-electron chi connectivity index (χ4n) is 1.30. The molecule has 0 fully saturated rings. The largest absolute Gasteiger partial charge is 0.352 e. The van der Waals surface area contributed by atoms with Crippen molar-refractivity contribution in [2.24, 2.45) is 7.05 Å². The second kappa shape index (κ2) is 4.14. The van der Waals surface area contributed by atoms with Crippen molar-refractivity contribution in [3.63, 3.8) is 0 Å². The van der Waals surface area contributed by atoms with Gasteiger partial charge in [-0.25, -0.2) is 9.18 Å². The maximum atomic E-state index is 13.6. The number of hydrogen-bond donors (Lipinski definition) is 0. The van der Waals surface area contributed by atoms with Crippen LogP contribution in [0.2, 0.25) is 5.02 Å². The van der Waals surface area contributed by atoms with E-state index in [4.69, 9.17) is 11.6 Å². The third kappa shape index (κ3) is 1.99. The van der Waals surface area contributed by atoms with E-state index in [0.29, 0.717) is 0 Å². The zero-order valence-electron chi connectivity index (χ0n) is 8.72. The van der Waals surface area contributed by atoms with Gasteiger partial charge in [0.05, 0.1) is 0 Å². The molecule has 0 saturated carbocycles. The molecular formula is C10H7ClFN3O2. The van der Waals surface area contributed by atoms with Gasteiger partial charge in [-0.1, -0.05) is 11.6 Å². The summed E-state index contributed by atoms with van der Waals surface area (Å²) in [4.78, 5) is 22.8. The number of rotatable bonds is 1. The first-order valence-corrected chi connectivity index (χ1v) is 4.99. The average Bonchev–Trinajstić information content (AvgIpc) is 2.28. The monoisotopic (exact) mass is 255 g/mol. The van der Waals surface area contributed by atoms with Crippen molar-refractivity contribution < 1.29 is 4.39 Å². The van der Waals surface area contributed by atoms with Gasteiger partial charge in [0.15, 0.2) is 5.82 Å². The lowest BCUT2D eigenvalue weighted by Crippen LogP contribution is -2.38. The van der Waals surface area contributed by atoms with Gasteiger partial charge in [0.2, 0.25) is 0 Å². The van der Waals surface area contributed by atoms with E-state index in [1.165, 1.54) is 19.2 Å². The Morgan fingerprint density at radius 2 is 2.06 bits per heavy atom. The molecule has 0 atom stereocenters. The maximum Gasteiger partial charge on any atom is 0.352 e. The molecule has 2 rings (SSSR count). The molecule has 0 unspecified atom stereocenters. The van der Waals surface area contributed by atoms with Crippen LogP contribution < -0.4 is 11.2 Å². The first-order valence-electron chi connectivity index (χ1n) is 4.61. The van der Waals surface area contributed by atoms with Gasteiger partial charge in [-0.15, -0.1) is 0 Å². The molecule has 5 nitrogen and oxygen atoms in total. The van der Waals surface area contributed by atoms with Crippen LogP contribution in [-0.4, -0.2) is 14.3 Å². The summed E-state index contributed by atoms with van der Waals surface area (Å²) in [6.07, 6.45) is 0.940. The minimum Gasteiger partial charge on any atom is -0.267 e. The standard InChI is InChI=1S/C10H7ClFN3O2/c1-14-9(16)5-13-15(10(14)17)8-3-2-6(11)4-7(8)12/h2-5H,1H3. The molecule has 0 saturated heterocycles. The Morgan fingerprint density at radius 3 is 2.71 bits per heavy atom. The number of nitrogens with zero attached hydrogens (tertiary/aromatic N) is 3. The van der Waals surface area contributed by atoms with E-state index in [9.17, 15) is 14.0 Å². The fraction of sp³-hybridized carbons (Fsp3) is 0.100. The van der Waals surface area contributed by atoms with E-state index < -0.39 is 17.1 Å². The van der Waals surface area contributed by atoms with Gasteiger partial charge in [0.1, 0.15) is 11.9 Å². The van der Waals surface area contributed by atoms with E-state index >= 15 is 0 Å². The van der Waals surface area contributed by atoms with E-state index in [-0.39, 0.29) is 10.7 Å². The number of benzene rings is 1. The van der Waals surface area contributed by atoms with Crippen LogP contribution >= 0.6 is 11.6 Å². The van der Waals surface area contributed by atoms with Gasteiger partial charge in [-0.3, -0.25) is 9.36 Å². The lowest BCUT2D eigenvalue weighted by molar-refractivity contribution is 0.585. The second-order valence-corrected chi connectivity index (χ2v) is 3.77. The Bertz CT molecular complexity index is 693.